The number of benzene rings is 1. The van der Waals surface area contributed by atoms with E-state index in [1.165, 1.54) is 0 Å². The lowest BCUT2D eigenvalue weighted by Crippen LogP contribution is -2.23. The molecule has 16 heavy (non-hydrogen) atoms. The first kappa shape index (κ1) is 11.0. The van der Waals surface area contributed by atoms with Crippen LogP contribution in [-0.2, 0) is 9.59 Å². The number of esters is 1. The van der Waals surface area contributed by atoms with Crippen molar-refractivity contribution >= 4 is 23.5 Å². The SMILES string of the molecule is O=C(Oc1ccccc1)C1CC1(Cl)C(=O)O. The molecule has 5 heteroatoms. The zero-order chi connectivity index (χ0) is 11.8. The van der Waals surface area contributed by atoms with Gasteiger partial charge in [0.25, 0.3) is 0 Å². The number of carbonyl (C=O) groups excluding carboxylic acids is 1. The molecule has 0 amide bonds. The fourth-order valence-electron chi connectivity index (χ4n) is 1.42. The van der Waals surface area contributed by atoms with Gasteiger partial charge in [-0.2, -0.15) is 0 Å². The van der Waals surface area contributed by atoms with E-state index in [1.807, 2.05) is 0 Å². The standard InChI is InChI=1S/C11H9ClO4/c12-11(10(14)15)6-8(11)9(13)16-7-4-2-1-3-5-7/h1-5,8H,6H2,(H,14,15). The summed E-state index contributed by atoms with van der Waals surface area (Å²) in [6.45, 7) is 0. The van der Waals surface area contributed by atoms with Crippen molar-refractivity contribution in [2.24, 2.45) is 5.92 Å². The van der Waals surface area contributed by atoms with Crippen LogP contribution in [0.1, 0.15) is 6.42 Å². The molecule has 1 aliphatic carbocycles. The maximum absolute atomic E-state index is 11.5. The van der Waals surface area contributed by atoms with Crippen molar-refractivity contribution in [3.05, 3.63) is 30.3 Å². The van der Waals surface area contributed by atoms with Gasteiger partial charge in [-0.05, 0) is 18.6 Å². The van der Waals surface area contributed by atoms with Gasteiger partial charge in [-0.15, -0.1) is 11.6 Å². The summed E-state index contributed by atoms with van der Waals surface area (Å²) in [5.74, 6) is -2.14. The summed E-state index contributed by atoms with van der Waals surface area (Å²) in [6.07, 6.45) is 0.121. The van der Waals surface area contributed by atoms with Gasteiger partial charge >= 0.3 is 11.9 Å². The van der Waals surface area contributed by atoms with Crippen molar-refractivity contribution in [1.82, 2.24) is 0 Å². The van der Waals surface area contributed by atoms with Crippen molar-refractivity contribution in [2.45, 2.75) is 11.3 Å². The van der Waals surface area contributed by atoms with E-state index in [4.69, 9.17) is 21.4 Å². The van der Waals surface area contributed by atoms with Crippen LogP contribution in [-0.4, -0.2) is 21.9 Å². The van der Waals surface area contributed by atoms with Gasteiger partial charge < -0.3 is 9.84 Å². The Hall–Kier alpha value is -1.55. The van der Waals surface area contributed by atoms with E-state index >= 15 is 0 Å². The molecule has 0 radical (unpaired) electrons. The minimum Gasteiger partial charge on any atom is -0.480 e. The Bertz CT molecular complexity index is 431. The monoisotopic (exact) mass is 240 g/mol. The van der Waals surface area contributed by atoms with Gasteiger partial charge in [0.05, 0.1) is 5.92 Å². The first-order valence-electron chi connectivity index (χ1n) is 4.73. The van der Waals surface area contributed by atoms with Crippen LogP contribution in [0.5, 0.6) is 5.75 Å². The zero-order valence-corrected chi connectivity index (χ0v) is 8.98. The second kappa shape index (κ2) is 3.79. The lowest BCUT2D eigenvalue weighted by atomic mass is 10.3. The van der Waals surface area contributed by atoms with E-state index in [-0.39, 0.29) is 6.42 Å². The largest absolute Gasteiger partial charge is 0.480 e. The Balaban J connectivity index is 2.00. The van der Waals surface area contributed by atoms with Crippen LogP contribution in [0.15, 0.2) is 30.3 Å². The number of alkyl halides is 1. The molecule has 0 aliphatic heterocycles. The van der Waals surface area contributed by atoms with E-state index in [0.717, 1.165) is 0 Å². The van der Waals surface area contributed by atoms with E-state index in [2.05, 4.69) is 0 Å². The van der Waals surface area contributed by atoms with Gasteiger partial charge in [-0.25, -0.2) is 0 Å². The third kappa shape index (κ3) is 1.88. The van der Waals surface area contributed by atoms with Crippen LogP contribution in [0.3, 0.4) is 0 Å². The molecular weight excluding hydrogens is 232 g/mol. The van der Waals surface area contributed by atoms with Crippen LogP contribution in [0.2, 0.25) is 0 Å². The number of carboxylic acids is 1. The topological polar surface area (TPSA) is 63.6 Å². The molecule has 2 unspecified atom stereocenters. The Kier molecular flexibility index (Phi) is 2.59. The lowest BCUT2D eigenvalue weighted by molar-refractivity contribution is -0.142. The highest BCUT2D eigenvalue weighted by atomic mass is 35.5. The molecule has 1 saturated carbocycles. The Morgan fingerprint density at radius 2 is 2.00 bits per heavy atom. The molecule has 84 valence electrons. The molecule has 4 nitrogen and oxygen atoms in total. The van der Waals surface area contributed by atoms with Gasteiger partial charge in [-0.3, -0.25) is 9.59 Å². The normalized spacial score (nSPS) is 27.2. The van der Waals surface area contributed by atoms with Crippen molar-refractivity contribution in [3.63, 3.8) is 0 Å². The molecule has 2 atom stereocenters. The average molecular weight is 241 g/mol. The molecule has 1 aliphatic rings. The predicted octanol–water partition coefficient (Wildman–Crippen LogP) is 1.67. The molecule has 2 rings (SSSR count). The van der Waals surface area contributed by atoms with Gasteiger partial charge in [-0.1, -0.05) is 18.2 Å². The van der Waals surface area contributed by atoms with Crippen molar-refractivity contribution in [3.8, 4) is 5.75 Å². The summed E-state index contributed by atoms with van der Waals surface area (Å²) in [5.41, 5.74) is 0. The number of ether oxygens (including phenoxy) is 1. The maximum Gasteiger partial charge on any atom is 0.325 e. The summed E-state index contributed by atoms with van der Waals surface area (Å²) < 4.78 is 5.00. The van der Waals surface area contributed by atoms with Gasteiger partial charge in [0.15, 0.2) is 4.87 Å². The number of hydrogen-bond donors (Lipinski definition) is 1. The van der Waals surface area contributed by atoms with E-state index in [9.17, 15) is 9.59 Å². The Labute approximate surface area is 96.8 Å². The second-order valence-electron chi connectivity index (χ2n) is 3.66. The summed E-state index contributed by atoms with van der Waals surface area (Å²) in [7, 11) is 0. The van der Waals surface area contributed by atoms with Crippen molar-refractivity contribution < 1.29 is 19.4 Å². The average Bonchev–Trinajstić information content (AvgIpc) is 2.94. The van der Waals surface area contributed by atoms with E-state index in [0.29, 0.717) is 5.75 Å². The van der Waals surface area contributed by atoms with Crippen LogP contribution in [0.4, 0.5) is 0 Å². The smallest absolute Gasteiger partial charge is 0.325 e. The number of para-hydroxylation sites is 1. The Morgan fingerprint density at radius 3 is 2.50 bits per heavy atom. The van der Waals surface area contributed by atoms with Crippen LogP contribution >= 0.6 is 11.6 Å². The van der Waals surface area contributed by atoms with Gasteiger partial charge in [0, 0.05) is 0 Å². The maximum atomic E-state index is 11.5. The summed E-state index contributed by atoms with van der Waals surface area (Å²) in [5, 5.41) is 8.76. The fraction of sp³-hybridized carbons (Fsp3) is 0.273. The number of aliphatic carboxylic acids is 1. The highest BCUT2D eigenvalue weighted by Gasteiger charge is 2.64. The predicted molar refractivity (Wildman–Crippen MR) is 56.4 cm³/mol. The minimum absolute atomic E-state index is 0.121. The van der Waals surface area contributed by atoms with Crippen LogP contribution in [0.25, 0.3) is 0 Å². The molecular formula is C11H9ClO4. The van der Waals surface area contributed by atoms with Crippen molar-refractivity contribution in [2.75, 3.05) is 0 Å². The molecule has 0 aromatic heterocycles. The first-order valence-corrected chi connectivity index (χ1v) is 5.11. The molecule has 1 fully saturated rings. The number of hydrogen-bond acceptors (Lipinski definition) is 3. The fourth-order valence-corrected chi connectivity index (χ4v) is 1.66. The number of carboxylic acid groups (broad SMARTS) is 1. The third-order valence-electron chi connectivity index (χ3n) is 2.50. The van der Waals surface area contributed by atoms with Gasteiger partial charge in [0.2, 0.25) is 0 Å². The molecule has 0 saturated heterocycles. The molecule has 1 aromatic rings. The lowest BCUT2D eigenvalue weighted by Gasteiger charge is -2.04. The molecule has 0 spiro atoms. The highest BCUT2D eigenvalue weighted by Crippen LogP contribution is 2.50. The molecule has 0 heterocycles. The quantitative estimate of drug-likeness (QED) is 0.496. The second-order valence-corrected chi connectivity index (χ2v) is 4.33. The van der Waals surface area contributed by atoms with Crippen LogP contribution in [0, 0.1) is 5.92 Å². The van der Waals surface area contributed by atoms with Crippen molar-refractivity contribution in [1.29, 1.82) is 0 Å². The summed E-state index contributed by atoms with van der Waals surface area (Å²) in [6, 6.07) is 8.48. The van der Waals surface area contributed by atoms with Crippen LogP contribution < -0.4 is 4.74 Å². The zero-order valence-electron chi connectivity index (χ0n) is 8.22. The Morgan fingerprint density at radius 1 is 1.38 bits per heavy atom. The van der Waals surface area contributed by atoms with E-state index in [1.54, 1.807) is 30.3 Å². The van der Waals surface area contributed by atoms with E-state index < -0.39 is 22.7 Å². The summed E-state index contributed by atoms with van der Waals surface area (Å²) >= 11 is 5.71. The molecule has 1 N–H and O–H groups in total. The number of carbonyl (C=O) groups is 2. The molecule has 1 aromatic carbocycles. The minimum atomic E-state index is -1.47. The summed E-state index contributed by atoms with van der Waals surface area (Å²) in [4.78, 5) is 20.8. The third-order valence-corrected chi connectivity index (χ3v) is 3.07. The molecule has 0 bridgehead atoms. The number of halogens is 1. The highest BCUT2D eigenvalue weighted by molar-refractivity contribution is 6.38. The first-order chi connectivity index (χ1) is 7.54. The van der Waals surface area contributed by atoms with Gasteiger partial charge in [0.1, 0.15) is 5.75 Å². The number of rotatable bonds is 3.